The van der Waals surface area contributed by atoms with E-state index in [4.69, 9.17) is 11.6 Å². The average Bonchev–Trinajstić information content (AvgIpc) is 2.98. The van der Waals surface area contributed by atoms with Crippen molar-refractivity contribution in [3.05, 3.63) is 40.3 Å². The van der Waals surface area contributed by atoms with E-state index in [1.54, 1.807) is 16.8 Å². The van der Waals surface area contributed by atoms with Crippen LogP contribution < -0.4 is 5.32 Å². The summed E-state index contributed by atoms with van der Waals surface area (Å²) in [5.74, 6) is 0.525. The van der Waals surface area contributed by atoms with Crippen LogP contribution in [0.3, 0.4) is 0 Å². The van der Waals surface area contributed by atoms with Gasteiger partial charge in [-0.1, -0.05) is 18.5 Å². The van der Waals surface area contributed by atoms with E-state index in [1.807, 2.05) is 24.8 Å². The molecule has 0 unspecified atom stereocenters. The van der Waals surface area contributed by atoms with Gasteiger partial charge in [-0.05, 0) is 64.4 Å². The Morgan fingerprint density at radius 2 is 2.08 bits per heavy atom. The van der Waals surface area contributed by atoms with Crippen LogP contribution in [0.5, 0.6) is 0 Å². The van der Waals surface area contributed by atoms with Gasteiger partial charge in [-0.15, -0.1) is 0 Å². The van der Waals surface area contributed by atoms with Crippen LogP contribution in [0.2, 0.25) is 5.02 Å². The molecule has 3 rings (SSSR count). The number of nitrogens with one attached hydrogen (secondary N) is 1. The zero-order valence-corrected chi connectivity index (χ0v) is 16.4. The van der Waals surface area contributed by atoms with Crippen molar-refractivity contribution >= 4 is 17.5 Å². The fourth-order valence-electron chi connectivity index (χ4n) is 3.51. The second-order valence-electron chi connectivity index (χ2n) is 6.82. The normalized spacial score (nSPS) is 15.2. The van der Waals surface area contributed by atoms with E-state index < -0.39 is 0 Å². The summed E-state index contributed by atoms with van der Waals surface area (Å²) in [6.45, 7) is 8.58. The molecule has 140 valence electrons. The molecule has 6 nitrogen and oxygen atoms in total. The van der Waals surface area contributed by atoms with Crippen molar-refractivity contribution in [3.63, 3.8) is 0 Å². The van der Waals surface area contributed by atoms with Crippen molar-refractivity contribution in [2.24, 2.45) is 0 Å². The summed E-state index contributed by atoms with van der Waals surface area (Å²) in [6, 6.07) is 5.75. The number of rotatable bonds is 5. The zero-order chi connectivity index (χ0) is 18.7. The lowest BCUT2D eigenvalue weighted by Gasteiger charge is -2.34. The number of hydrogen-bond donors (Lipinski definition) is 1. The van der Waals surface area contributed by atoms with Crippen molar-refractivity contribution in [3.8, 4) is 5.82 Å². The van der Waals surface area contributed by atoms with Crippen LogP contribution in [0, 0.1) is 13.8 Å². The molecule has 1 aliphatic rings. The first-order valence-electron chi connectivity index (χ1n) is 9.23. The third kappa shape index (κ3) is 3.91. The number of amides is 1. The first kappa shape index (κ1) is 18.9. The number of halogens is 1. The van der Waals surface area contributed by atoms with E-state index in [-0.39, 0.29) is 11.9 Å². The number of carbonyl (C=O) groups is 1. The Morgan fingerprint density at radius 1 is 1.35 bits per heavy atom. The van der Waals surface area contributed by atoms with E-state index in [0.29, 0.717) is 23.1 Å². The van der Waals surface area contributed by atoms with Crippen molar-refractivity contribution in [1.82, 2.24) is 25.0 Å². The van der Waals surface area contributed by atoms with Crippen LogP contribution in [-0.4, -0.2) is 51.2 Å². The van der Waals surface area contributed by atoms with Gasteiger partial charge in [-0.3, -0.25) is 4.79 Å². The smallest absolute Gasteiger partial charge is 0.274 e. The minimum atomic E-state index is -0.0906. The molecule has 3 heterocycles. The van der Waals surface area contributed by atoms with Gasteiger partial charge in [-0.25, -0.2) is 9.67 Å². The van der Waals surface area contributed by atoms with Crippen LogP contribution >= 0.6 is 11.6 Å². The van der Waals surface area contributed by atoms with Crippen LogP contribution in [-0.2, 0) is 0 Å². The van der Waals surface area contributed by atoms with Gasteiger partial charge in [0, 0.05) is 18.3 Å². The molecule has 1 N–H and O–H groups in total. The third-order valence-electron chi connectivity index (χ3n) is 4.74. The van der Waals surface area contributed by atoms with Crippen LogP contribution in [0.15, 0.2) is 18.2 Å². The first-order chi connectivity index (χ1) is 12.5. The maximum atomic E-state index is 13.3. The molecule has 0 saturated carbocycles. The zero-order valence-electron chi connectivity index (χ0n) is 15.6. The van der Waals surface area contributed by atoms with Crippen LogP contribution in [0.1, 0.15) is 48.1 Å². The van der Waals surface area contributed by atoms with E-state index in [2.05, 4.69) is 22.3 Å². The molecule has 2 aromatic heterocycles. The highest BCUT2D eigenvalue weighted by Crippen LogP contribution is 2.22. The molecule has 7 heteroatoms. The highest BCUT2D eigenvalue weighted by molar-refractivity contribution is 6.33. The van der Waals surface area contributed by atoms with Crippen LogP contribution in [0.25, 0.3) is 5.82 Å². The molecule has 0 radical (unpaired) electrons. The average molecular weight is 376 g/mol. The van der Waals surface area contributed by atoms with E-state index in [9.17, 15) is 4.79 Å². The minimum absolute atomic E-state index is 0.0906. The fourth-order valence-corrected chi connectivity index (χ4v) is 3.69. The largest absolute Gasteiger partial charge is 0.334 e. The molecule has 2 aromatic rings. The second kappa shape index (κ2) is 8.18. The van der Waals surface area contributed by atoms with Gasteiger partial charge in [0.1, 0.15) is 5.69 Å². The van der Waals surface area contributed by atoms with Gasteiger partial charge >= 0.3 is 0 Å². The van der Waals surface area contributed by atoms with Gasteiger partial charge in [0.05, 0.1) is 10.7 Å². The topological polar surface area (TPSA) is 63.1 Å². The number of aromatic nitrogens is 3. The quantitative estimate of drug-likeness (QED) is 0.872. The molecule has 0 aromatic carbocycles. The van der Waals surface area contributed by atoms with Gasteiger partial charge in [0.15, 0.2) is 5.82 Å². The second-order valence-corrected chi connectivity index (χ2v) is 7.23. The molecule has 1 fully saturated rings. The number of nitrogens with zero attached hydrogens (tertiary/aromatic N) is 4. The van der Waals surface area contributed by atoms with Gasteiger partial charge in [0.25, 0.3) is 5.91 Å². The van der Waals surface area contributed by atoms with Gasteiger partial charge in [-0.2, -0.15) is 5.10 Å². The maximum Gasteiger partial charge on any atom is 0.274 e. The SMILES string of the molecule is CCCN(C(=O)c1nc(-n2nc(C)cc2C)ccc1Cl)C1CCNCC1. The van der Waals surface area contributed by atoms with E-state index in [0.717, 1.165) is 43.7 Å². The lowest BCUT2D eigenvalue weighted by Crippen LogP contribution is -2.46. The van der Waals surface area contributed by atoms with Gasteiger partial charge < -0.3 is 10.2 Å². The van der Waals surface area contributed by atoms with Crippen molar-refractivity contribution < 1.29 is 4.79 Å². The summed E-state index contributed by atoms with van der Waals surface area (Å²) in [4.78, 5) is 19.8. The molecule has 1 amide bonds. The highest BCUT2D eigenvalue weighted by atomic mass is 35.5. The molecule has 0 spiro atoms. The van der Waals surface area contributed by atoms with Crippen molar-refractivity contribution in [1.29, 1.82) is 0 Å². The van der Waals surface area contributed by atoms with E-state index >= 15 is 0 Å². The van der Waals surface area contributed by atoms with Crippen molar-refractivity contribution in [2.45, 2.75) is 46.1 Å². The predicted molar refractivity (Wildman–Crippen MR) is 103 cm³/mol. The molecule has 0 atom stereocenters. The molecule has 1 aliphatic heterocycles. The molecule has 0 bridgehead atoms. The molecule has 1 saturated heterocycles. The van der Waals surface area contributed by atoms with E-state index in [1.165, 1.54) is 0 Å². The standard InChI is InChI=1S/C19H26ClN5O/c1-4-11-24(15-7-9-21-10-8-15)19(26)18-16(20)5-6-17(22-18)25-14(3)12-13(2)23-25/h5-6,12,15,21H,4,7-11H2,1-3H3. The van der Waals surface area contributed by atoms with Crippen molar-refractivity contribution in [2.75, 3.05) is 19.6 Å². The summed E-state index contributed by atoms with van der Waals surface area (Å²) >= 11 is 6.35. The highest BCUT2D eigenvalue weighted by Gasteiger charge is 2.28. The number of hydrogen-bond acceptors (Lipinski definition) is 4. The molecule has 26 heavy (non-hydrogen) atoms. The molecular weight excluding hydrogens is 350 g/mol. The monoisotopic (exact) mass is 375 g/mol. The Balaban J connectivity index is 1.94. The fraction of sp³-hybridized carbons (Fsp3) is 0.526. The minimum Gasteiger partial charge on any atom is -0.334 e. The summed E-state index contributed by atoms with van der Waals surface area (Å²) < 4.78 is 1.75. The number of pyridine rings is 1. The number of piperidine rings is 1. The Morgan fingerprint density at radius 3 is 2.69 bits per heavy atom. The van der Waals surface area contributed by atoms with Crippen LogP contribution in [0.4, 0.5) is 0 Å². The third-order valence-corrected chi connectivity index (χ3v) is 5.04. The predicted octanol–water partition coefficient (Wildman–Crippen LogP) is 3.14. The van der Waals surface area contributed by atoms with Gasteiger partial charge in [0.2, 0.25) is 0 Å². The lowest BCUT2D eigenvalue weighted by atomic mass is 10.0. The Labute approximate surface area is 159 Å². The summed E-state index contributed by atoms with van der Waals surface area (Å²) in [5.41, 5.74) is 2.19. The first-order valence-corrected chi connectivity index (χ1v) is 9.61. The summed E-state index contributed by atoms with van der Waals surface area (Å²) in [5, 5.41) is 8.19. The number of carbonyl (C=O) groups excluding carboxylic acids is 1. The number of aryl methyl sites for hydroxylation is 2. The molecular formula is C19H26ClN5O. The lowest BCUT2D eigenvalue weighted by molar-refractivity contribution is 0.0636. The Kier molecular flexibility index (Phi) is 5.94. The summed E-state index contributed by atoms with van der Waals surface area (Å²) in [6.07, 6.45) is 2.82. The Bertz CT molecular complexity index is 782. The maximum absolute atomic E-state index is 13.3. The summed E-state index contributed by atoms with van der Waals surface area (Å²) in [7, 11) is 0. The Hall–Kier alpha value is -1.92. The molecule has 0 aliphatic carbocycles.